The van der Waals surface area contributed by atoms with Gasteiger partial charge in [0.25, 0.3) is 16.8 Å². The maximum absolute atomic E-state index is 12.7. The van der Waals surface area contributed by atoms with E-state index in [0.717, 1.165) is 32.3 Å². The molecule has 0 unspecified atom stereocenters. The average Bonchev–Trinajstić information content (AvgIpc) is 3.28. The quantitative estimate of drug-likeness (QED) is 0.237. The van der Waals surface area contributed by atoms with Gasteiger partial charge in [0.1, 0.15) is 11.5 Å². The molecule has 1 saturated heterocycles. The van der Waals surface area contributed by atoms with Gasteiger partial charge in [-0.25, -0.2) is 0 Å². The van der Waals surface area contributed by atoms with E-state index in [9.17, 15) is 19.7 Å². The summed E-state index contributed by atoms with van der Waals surface area (Å²) in [5.74, 6) is 0.619. The van der Waals surface area contributed by atoms with E-state index in [0.29, 0.717) is 17.1 Å². The van der Waals surface area contributed by atoms with Crippen LogP contribution in [0.5, 0.6) is 0 Å². The minimum atomic E-state index is -0.516. The first-order valence-corrected chi connectivity index (χ1v) is 10.8. The molecule has 31 heavy (non-hydrogen) atoms. The number of rotatable bonds is 5. The highest BCUT2D eigenvalue weighted by atomic mass is 79.9. The molecule has 4 rings (SSSR count). The van der Waals surface area contributed by atoms with Crippen molar-refractivity contribution in [3.8, 4) is 11.3 Å². The first kappa shape index (κ1) is 21.1. The van der Waals surface area contributed by atoms with Crippen molar-refractivity contribution in [2.75, 3.05) is 0 Å². The maximum atomic E-state index is 12.7. The number of hydrogen-bond donors (Lipinski definition) is 0. The molecule has 9 heteroatoms. The predicted molar refractivity (Wildman–Crippen MR) is 121 cm³/mol. The molecular weight excluding hydrogens is 484 g/mol. The molecule has 156 valence electrons. The zero-order chi connectivity index (χ0) is 22.1. The van der Waals surface area contributed by atoms with Crippen LogP contribution < -0.4 is 0 Å². The number of aryl methyl sites for hydroxylation is 1. The third kappa shape index (κ3) is 4.47. The van der Waals surface area contributed by atoms with E-state index in [1.807, 2.05) is 25.1 Å². The van der Waals surface area contributed by atoms with Crippen molar-refractivity contribution in [2.24, 2.45) is 0 Å². The molecule has 1 aliphatic rings. The summed E-state index contributed by atoms with van der Waals surface area (Å²) in [7, 11) is 0. The number of carbonyl (C=O) groups excluding carboxylic acids is 2. The fourth-order valence-corrected chi connectivity index (χ4v) is 4.62. The summed E-state index contributed by atoms with van der Waals surface area (Å²) < 4.78 is 6.75. The van der Waals surface area contributed by atoms with Gasteiger partial charge in [0, 0.05) is 28.2 Å². The second-order valence-electron chi connectivity index (χ2n) is 6.88. The highest BCUT2D eigenvalue weighted by molar-refractivity contribution is 9.10. The number of imide groups is 1. The Morgan fingerprint density at radius 2 is 1.97 bits per heavy atom. The minimum Gasteiger partial charge on any atom is -0.457 e. The van der Waals surface area contributed by atoms with Gasteiger partial charge < -0.3 is 4.42 Å². The lowest BCUT2D eigenvalue weighted by Crippen LogP contribution is -2.27. The predicted octanol–water partition coefficient (Wildman–Crippen LogP) is 6.16. The Morgan fingerprint density at radius 3 is 2.71 bits per heavy atom. The molecule has 0 atom stereocenters. The fraction of sp³-hybridized carbons (Fsp3) is 0.0909. The second-order valence-corrected chi connectivity index (χ2v) is 8.73. The molecule has 1 aromatic heterocycles. The number of benzene rings is 2. The smallest absolute Gasteiger partial charge is 0.293 e. The Balaban J connectivity index is 1.54. The lowest BCUT2D eigenvalue weighted by molar-refractivity contribution is -0.384. The Labute approximate surface area is 190 Å². The molecule has 1 aliphatic heterocycles. The van der Waals surface area contributed by atoms with E-state index in [1.54, 1.807) is 18.2 Å². The van der Waals surface area contributed by atoms with Gasteiger partial charge in [-0.05, 0) is 54.1 Å². The van der Waals surface area contributed by atoms with Crippen molar-refractivity contribution >= 4 is 50.6 Å². The number of non-ortho nitro benzene ring substituents is 1. The summed E-state index contributed by atoms with van der Waals surface area (Å²) in [4.78, 5) is 36.8. The van der Waals surface area contributed by atoms with Crippen LogP contribution in [-0.2, 0) is 11.3 Å². The largest absolute Gasteiger partial charge is 0.457 e. The van der Waals surface area contributed by atoms with Gasteiger partial charge in [0.05, 0.1) is 16.4 Å². The number of halogens is 1. The van der Waals surface area contributed by atoms with Crippen LogP contribution in [0.1, 0.15) is 16.9 Å². The first-order chi connectivity index (χ1) is 14.8. The lowest BCUT2D eigenvalue weighted by atomic mass is 10.1. The van der Waals surface area contributed by atoms with Gasteiger partial charge in [0.15, 0.2) is 0 Å². The topological polar surface area (TPSA) is 93.7 Å². The van der Waals surface area contributed by atoms with E-state index >= 15 is 0 Å². The van der Waals surface area contributed by atoms with Crippen LogP contribution >= 0.6 is 27.7 Å². The second kappa shape index (κ2) is 8.52. The van der Waals surface area contributed by atoms with Crippen LogP contribution in [0.2, 0.25) is 0 Å². The van der Waals surface area contributed by atoms with Crippen molar-refractivity contribution in [2.45, 2.75) is 13.5 Å². The third-order valence-electron chi connectivity index (χ3n) is 4.63. The van der Waals surface area contributed by atoms with Gasteiger partial charge in [-0.3, -0.25) is 24.6 Å². The Kier molecular flexibility index (Phi) is 5.79. The molecule has 0 bridgehead atoms. The van der Waals surface area contributed by atoms with E-state index in [4.69, 9.17) is 4.42 Å². The number of furan rings is 1. The summed E-state index contributed by atoms with van der Waals surface area (Å²) >= 11 is 4.34. The van der Waals surface area contributed by atoms with Crippen LogP contribution in [-0.4, -0.2) is 21.0 Å². The molecular formula is C22H15BrN2O5S. The summed E-state index contributed by atoms with van der Waals surface area (Å²) in [5.41, 5.74) is 2.40. The normalized spacial score (nSPS) is 15.2. The number of nitro groups is 1. The van der Waals surface area contributed by atoms with Crippen LogP contribution in [0, 0.1) is 17.0 Å². The standard InChI is InChI=1S/C22H15BrN2O5S/c1-13-5-7-17(18(23)9-13)19-8-6-16(30-19)11-20-21(26)24(22(27)31-20)12-14-3-2-4-15(10-14)25(28)29/h2-11H,12H2,1H3/b20-11+. The third-order valence-corrected chi connectivity index (χ3v) is 6.19. The van der Waals surface area contributed by atoms with Crippen LogP contribution in [0.15, 0.2) is 68.4 Å². The SMILES string of the molecule is Cc1ccc(-c2ccc(/C=C3/SC(=O)N(Cc4cccc([N+](=O)[O-])c4)C3=O)o2)c(Br)c1. The van der Waals surface area contributed by atoms with Gasteiger partial charge in [0.2, 0.25) is 0 Å². The molecule has 2 amide bonds. The first-order valence-electron chi connectivity index (χ1n) is 9.17. The molecule has 0 radical (unpaired) electrons. The van der Waals surface area contributed by atoms with Crippen molar-refractivity contribution in [3.05, 3.63) is 91.0 Å². The monoisotopic (exact) mass is 498 g/mol. The summed E-state index contributed by atoms with van der Waals surface area (Å²) in [5, 5.41) is 10.5. The Morgan fingerprint density at radius 1 is 1.16 bits per heavy atom. The van der Waals surface area contributed by atoms with E-state index in [1.165, 1.54) is 24.3 Å². The summed E-state index contributed by atoms with van der Waals surface area (Å²) in [6, 6.07) is 15.3. The number of amides is 2. The Hall–Kier alpha value is -3.17. The van der Waals surface area contributed by atoms with Crippen LogP contribution in [0.4, 0.5) is 10.5 Å². The van der Waals surface area contributed by atoms with E-state index in [-0.39, 0.29) is 17.1 Å². The molecule has 2 aromatic carbocycles. The molecule has 0 N–H and O–H groups in total. The number of nitro benzene ring substituents is 1. The molecule has 7 nitrogen and oxygen atoms in total. The van der Waals surface area contributed by atoms with Gasteiger partial charge >= 0.3 is 0 Å². The molecule has 0 saturated carbocycles. The molecule has 3 aromatic rings. The highest BCUT2D eigenvalue weighted by Gasteiger charge is 2.35. The minimum absolute atomic E-state index is 0.0383. The van der Waals surface area contributed by atoms with Crippen molar-refractivity contribution in [3.63, 3.8) is 0 Å². The molecule has 2 heterocycles. The van der Waals surface area contributed by atoms with Gasteiger partial charge in [-0.1, -0.05) is 34.1 Å². The van der Waals surface area contributed by atoms with Crippen LogP contribution in [0.25, 0.3) is 17.4 Å². The van der Waals surface area contributed by atoms with E-state index < -0.39 is 16.1 Å². The molecule has 0 spiro atoms. The van der Waals surface area contributed by atoms with Crippen molar-refractivity contribution in [1.82, 2.24) is 4.90 Å². The maximum Gasteiger partial charge on any atom is 0.293 e. The van der Waals surface area contributed by atoms with Gasteiger partial charge in [-0.15, -0.1) is 0 Å². The summed E-state index contributed by atoms with van der Waals surface area (Å²) in [6.45, 7) is 1.95. The highest BCUT2D eigenvalue weighted by Crippen LogP contribution is 2.35. The zero-order valence-corrected chi connectivity index (χ0v) is 18.6. The van der Waals surface area contributed by atoms with Gasteiger partial charge in [-0.2, -0.15) is 0 Å². The number of carbonyl (C=O) groups is 2. The van der Waals surface area contributed by atoms with Crippen molar-refractivity contribution in [1.29, 1.82) is 0 Å². The van der Waals surface area contributed by atoms with E-state index in [2.05, 4.69) is 15.9 Å². The fourth-order valence-electron chi connectivity index (χ4n) is 3.11. The van der Waals surface area contributed by atoms with Crippen LogP contribution in [0.3, 0.4) is 0 Å². The zero-order valence-electron chi connectivity index (χ0n) is 16.2. The number of nitrogens with zero attached hydrogens (tertiary/aromatic N) is 2. The van der Waals surface area contributed by atoms with Crippen molar-refractivity contribution < 1.29 is 18.9 Å². The average molecular weight is 499 g/mol. The summed E-state index contributed by atoms with van der Waals surface area (Å²) in [6.07, 6.45) is 1.53. The number of thioether (sulfide) groups is 1. The lowest BCUT2D eigenvalue weighted by Gasteiger charge is -2.12. The molecule has 0 aliphatic carbocycles. The Bertz CT molecular complexity index is 1250. The molecule has 1 fully saturated rings. The number of hydrogen-bond acceptors (Lipinski definition) is 6.